The highest BCUT2D eigenvalue weighted by atomic mass is 32.1. The van der Waals surface area contributed by atoms with Crippen LogP contribution in [0, 0.1) is 0 Å². The van der Waals surface area contributed by atoms with E-state index >= 15 is 0 Å². The molecule has 0 aliphatic carbocycles. The fourth-order valence-corrected chi connectivity index (χ4v) is 2.42. The predicted octanol–water partition coefficient (Wildman–Crippen LogP) is 3.77. The maximum absolute atomic E-state index is 11.8. The average Bonchev–Trinajstić information content (AvgIpc) is 2.65. The first-order chi connectivity index (χ1) is 12.5. The molecule has 2 aromatic carbocycles. The third-order valence-corrected chi connectivity index (χ3v) is 4.06. The molecule has 0 atom stereocenters. The van der Waals surface area contributed by atoms with Gasteiger partial charge in [-0.3, -0.25) is 15.6 Å². The van der Waals surface area contributed by atoms with Gasteiger partial charge in [-0.2, -0.15) is 0 Å². The molecule has 1 amide bonds. The lowest BCUT2D eigenvalue weighted by Gasteiger charge is -2.13. The number of carbonyl (C=O) groups is 1. The highest BCUT2D eigenvalue weighted by Gasteiger charge is 2.05. The van der Waals surface area contributed by atoms with E-state index in [1.165, 1.54) is 11.1 Å². The number of benzene rings is 2. The molecule has 3 N–H and O–H groups in total. The maximum atomic E-state index is 11.8. The van der Waals surface area contributed by atoms with Gasteiger partial charge < -0.3 is 10.1 Å². The lowest BCUT2D eigenvalue weighted by Crippen LogP contribution is -2.45. The van der Waals surface area contributed by atoms with Crippen molar-refractivity contribution in [2.24, 2.45) is 0 Å². The molecule has 0 bridgehead atoms. The van der Waals surface area contributed by atoms with Crippen molar-refractivity contribution >= 4 is 28.9 Å². The van der Waals surface area contributed by atoms with Gasteiger partial charge in [0.1, 0.15) is 5.75 Å². The Bertz CT molecular complexity index is 728. The van der Waals surface area contributed by atoms with Gasteiger partial charge in [-0.05, 0) is 59.9 Å². The van der Waals surface area contributed by atoms with E-state index in [2.05, 4.69) is 36.9 Å². The van der Waals surface area contributed by atoms with Crippen LogP contribution in [-0.2, 0) is 11.2 Å². The van der Waals surface area contributed by atoms with E-state index in [1.54, 1.807) is 0 Å². The van der Waals surface area contributed by atoms with Gasteiger partial charge in [-0.1, -0.05) is 45.0 Å². The standard InChI is InChI=1S/C20H25N3O2S/c1-4-15-5-11-18(12-6-15)25-13-19(24)22-23-20(26)21-17-9-7-16(8-10-17)14(2)3/h5-12,14H,4,13H2,1-3H3,(H,22,24)(H2,21,23,26). The molecule has 2 aromatic rings. The van der Waals surface area contributed by atoms with Gasteiger partial charge in [-0.15, -0.1) is 0 Å². The number of amides is 1. The van der Waals surface area contributed by atoms with Gasteiger partial charge in [0.05, 0.1) is 0 Å². The number of nitrogens with one attached hydrogen (secondary N) is 3. The molecule has 138 valence electrons. The molecule has 0 fully saturated rings. The smallest absolute Gasteiger partial charge is 0.276 e. The summed E-state index contributed by atoms with van der Waals surface area (Å²) < 4.78 is 5.44. The Labute approximate surface area is 160 Å². The number of carbonyl (C=O) groups excluding carboxylic acids is 1. The molecule has 0 unspecified atom stereocenters. The molecule has 0 heterocycles. The van der Waals surface area contributed by atoms with E-state index in [-0.39, 0.29) is 12.5 Å². The van der Waals surface area contributed by atoms with Crippen LogP contribution in [0.1, 0.15) is 37.8 Å². The SMILES string of the molecule is CCc1ccc(OCC(=O)NNC(=S)Nc2ccc(C(C)C)cc2)cc1. The van der Waals surface area contributed by atoms with Crippen molar-refractivity contribution in [1.29, 1.82) is 0 Å². The fourth-order valence-electron chi connectivity index (χ4n) is 2.25. The Morgan fingerprint density at radius 1 is 1.04 bits per heavy atom. The van der Waals surface area contributed by atoms with Crippen molar-refractivity contribution in [3.8, 4) is 5.75 Å². The van der Waals surface area contributed by atoms with Crippen molar-refractivity contribution in [1.82, 2.24) is 10.9 Å². The topological polar surface area (TPSA) is 62.4 Å². The first-order valence-electron chi connectivity index (χ1n) is 8.65. The van der Waals surface area contributed by atoms with Gasteiger partial charge in [0.25, 0.3) is 5.91 Å². The van der Waals surface area contributed by atoms with Crippen LogP contribution in [0.5, 0.6) is 5.75 Å². The van der Waals surface area contributed by atoms with Crippen LogP contribution >= 0.6 is 12.2 Å². The Balaban J connectivity index is 1.71. The molecule has 5 nitrogen and oxygen atoms in total. The van der Waals surface area contributed by atoms with E-state index in [1.807, 2.05) is 48.5 Å². The number of hydrazine groups is 1. The summed E-state index contributed by atoms with van der Waals surface area (Å²) in [6.45, 7) is 6.28. The van der Waals surface area contributed by atoms with Gasteiger partial charge >= 0.3 is 0 Å². The summed E-state index contributed by atoms with van der Waals surface area (Å²) in [6, 6.07) is 15.7. The number of thiocarbonyl (C=S) groups is 1. The third-order valence-electron chi connectivity index (χ3n) is 3.85. The molecular formula is C20H25N3O2S. The summed E-state index contributed by atoms with van der Waals surface area (Å²) >= 11 is 5.17. The number of ether oxygens (including phenoxy) is 1. The van der Waals surface area contributed by atoms with Crippen molar-refractivity contribution in [2.45, 2.75) is 33.1 Å². The number of hydrogen-bond donors (Lipinski definition) is 3. The van der Waals surface area contributed by atoms with Crippen LogP contribution in [-0.4, -0.2) is 17.6 Å². The number of anilines is 1. The van der Waals surface area contributed by atoms with Gasteiger partial charge in [0, 0.05) is 5.69 Å². The van der Waals surface area contributed by atoms with Crippen LogP contribution in [0.15, 0.2) is 48.5 Å². The minimum Gasteiger partial charge on any atom is -0.484 e. The molecular weight excluding hydrogens is 346 g/mol. The van der Waals surface area contributed by atoms with E-state index in [0.29, 0.717) is 16.8 Å². The van der Waals surface area contributed by atoms with E-state index in [4.69, 9.17) is 17.0 Å². The summed E-state index contributed by atoms with van der Waals surface area (Å²) in [5.41, 5.74) is 8.51. The second kappa shape index (κ2) is 9.77. The zero-order valence-corrected chi connectivity index (χ0v) is 16.2. The number of aryl methyl sites for hydroxylation is 1. The molecule has 0 aliphatic rings. The molecule has 6 heteroatoms. The summed E-state index contributed by atoms with van der Waals surface area (Å²) in [5, 5.41) is 3.32. The van der Waals surface area contributed by atoms with Gasteiger partial charge in [-0.25, -0.2) is 0 Å². The lowest BCUT2D eigenvalue weighted by atomic mass is 10.0. The molecule has 0 saturated heterocycles. The third kappa shape index (κ3) is 6.37. The molecule has 2 rings (SSSR count). The average molecular weight is 372 g/mol. The van der Waals surface area contributed by atoms with Crippen molar-refractivity contribution in [3.63, 3.8) is 0 Å². The Morgan fingerprint density at radius 3 is 2.27 bits per heavy atom. The Kier molecular flexibility index (Phi) is 7.41. The van der Waals surface area contributed by atoms with Crippen LogP contribution in [0.25, 0.3) is 0 Å². The van der Waals surface area contributed by atoms with Gasteiger partial charge in [0.2, 0.25) is 0 Å². The molecule has 0 saturated carbocycles. The Hall–Kier alpha value is -2.60. The highest BCUT2D eigenvalue weighted by Crippen LogP contribution is 2.17. The van der Waals surface area contributed by atoms with E-state index in [9.17, 15) is 4.79 Å². The monoisotopic (exact) mass is 371 g/mol. The summed E-state index contributed by atoms with van der Waals surface area (Å²) in [5.74, 6) is 0.818. The second-order valence-corrected chi connectivity index (χ2v) is 6.60. The van der Waals surface area contributed by atoms with Gasteiger partial charge in [0.15, 0.2) is 11.7 Å². The van der Waals surface area contributed by atoms with Crippen molar-refractivity contribution < 1.29 is 9.53 Å². The Morgan fingerprint density at radius 2 is 1.69 bits per heavy atom. The summed E-state index contributed by atoms with van der Waals surface area (Å²) in [7, 11) is 0. The fraction of sp³-hybridized carbons (Fsp3) is 0.300. The zero-order chi connectivity index (χ0) is 18.9. The largest absolute Gasteiger partial charge is 0.484 e. The normalized spacial score (nSPS) is 10.3. The first kappa shape index (κ1) is 19.7. The van der Waals surface area contributed by atoms with E-state index < -0.39 is 0 Å². The first-order valence-corrected chi connectivity index (χ1v) is 9.06. The van der Waals surface area contributed by atoms with Crippen LogP contribution < -0.4 is 20.9 Å². The molecule has 0 spiro atoms. The maximum Gasteiger partial charge on any atom is 0.276 e. The minimum absolute atomic E-state index is 0.0931. The minimum atomic E-state index is -0.316. The zero-order valence-electron chi connectivity index (χ0n) is 15.3. The van der Waals surface area contributed by atoms with E-state index in [0.717, 1.165) is 12.1 Å². The highest BCUT2D eigenvalue weighted by molar-refractivity contribution is 7.80. The van der Waals surface area contributed by atoms with Crippen LogP contribution in [0.2, 0.25) is 0 Å². The lowest BCUT2D eigenvalue weighted by molar-refractivity contribution is -0.123. The molecule has 0 aromatic heterocycles. The number of hydrogen-bond acceptors (Lipinski definition) is 3. The number of rotatable bonds is 6. The summed E-state index contributed by atoms with van der Waals surface area (Å²) in [4.78, 5) is 11.8. The quantitative estimate of drug-likeness (QED) is 0.533. The van der Waals surface area contributed by atoms with Crippen molar-refractivity contribution in [3.05, 3.63) is 59.7 Å². The van der Waals surface area contributed by atoms with Crippen LogP contribution in [0.4, 0.5) is 5.69 Å². The van der Waals surface area contributed by atoms with Crippen molar-refractivity contribution in [2.75, 3.05) is 11.9 Å². The summed E-state index contributed by atoms with van der Waals surface area (Å²) in [6.07, 6.45) is 0.968. The molecule has 26 heavy (non-hydrogen) atoms. The molecule has 0 aliphatic heterocycles. The predicted molar refractivity (Wildman–Crippen MR) is 109 cm³/mol. The molecule has 0 radical (unpaired) electrons. The second-order valence-electron chi connectivity index (χ2n) is 6.19. The van der Waals surface area contributed by atoms with Crippen LogP contribution in [0.3, 0.4) is 0 Å².